The van der Waals surface area contributed by atoms with Crippen LogP contribution in [0.4, 0.5) is 5.69 Å². The molecule has 1 aromatic carbocycles. The van der Waals surface area contributed by atoms with Gasteiger partial charge in [-0.1, -0.05) is 17.7 Å². The van der Waals surface area contributed by atoms with Gasteiger partial charge in [0.25, 0.3) is 0 Å². The summed E-state index contributed by atoms with van der Waals surface area (Å²) in [7, 11) is 1.62. The zero-order valence-corrected chi connectivity index (χ0v) is 10.2. The fourth-order valence-corrected chi connectivity index (χ4v) is 1.53. The predicted octanol–water partition coefficient (Wildman–Crippen LogP) is 3.07. The van der Waals surface area contributed by atoms with Crippen LogP contribution in [-0.2, 0) is 4.74 Å². The molecule has 0 radical (unpaired) electrons. The van der Waals surface area contributed by atoms with Gasteiger partial charge in [-0.3, -0.25) is 0 Å². The highest BCUT2D eigenvalue weighted by atomic mass is 35.5. The van der Waals surface area contributed by atoms with E-state index in [0.717, 1.165) is 5.69 Å². The molecule has 3 nitrogen and oxygen atoms in total. The van der Waals surface area contributed by atoms with Crippen LogP contribution in [0.2, 0.25) is 5.02 Å². The molecule has 1 atom stereocenters. The fourth-order valence-electron chi connectivity index (χ4n) is 1.34. The van der Waals surface area contributed by atoms with Crippen molar-refractivity contribution in [2.75, 3.05) is 19.0 Å². The lowest BCUT2D eigenvalue weighted by molar-refractivity contribution is 0.184. The molecule has 1 aromatic rings. The number of rotatable bonds is 5. The van der Waals surface area contributed by atoms with E-state index in [0.29, 0.717) is 18.1 Å². The third-order valence-corrected chi connectivity index (χ3v) is 2.53. The van der Waals surface area contributed by atoms with Crippen LogP contribution in [-0.4, -0.2) is 19.3 Å². The molecule has 0 spiro atoms. The summed E-state index contributed by atoms with van der Waals surface area (Å²) in [4.78, 5) is 0. The van der Waals surface area contributed by atoms with Crippen molar-refractivity contribution in [3.8, 4) is 6.07 Å². The van der Waals surface area contributed by atoms with E-state index in [2.05, 4.69) is 11.4 Å². The molecule has 86 valence electrons. The first-order valence-electron chi connectivity index (χ1n) is 5.03. The maximum atomic E-state index is 9.14. The molecular weight excluding hydrogens is 224 g/mol. The first-order chi connectivity index (χ1) is 7.59. The van der Waals surface area contributed by atoms with E-state index in [1.165, 1.54) is 0 Å². The van der Waals surface area contributed by atoms with Gasteiger partial charge in [0, 0.05) is 30.8 Å². The minimum absolute atomic E-state index is 0.539. The number of hydrogen-bond acceptors (Lipinski definition) is 3. The molecule has 1 rings (SSSR count). The molecule has 0 amide bonds. The lowest BCUT2D eigenvalue weighted by Crippen LogP contribution is -2.34. The van der Waals surface area contributed by atoms with Crippen LogP contribution in [0.1, 0.15) is 13.3 Å². The van der Waals surface area contributed by atoms with Crippen molar-refractivity contribution in [3.05, 3.63) is 29.3 Å². The van der Waals surface area contributed by atoms with E-state index in [-0.39, 0.29) is 0 Å². The minimum Gasteiger partial charge on any atom is -0.385 e. The highest BCUT2D eigenvalue weighted by Crippen LogP contribution is 2.21. The van der Waals surface area contributed by atoms with E-state index in [1.54, 1.807) is 19.2 Å². The average molecular weight is 239 g/mol. The van der Waals surface area contributed by atoms with Crippen molar-refractivity contribution >= 4 is 17.3 Å². The van der Waals surface area contributed by atoms with Gasteiger partial charge in [0.1, 0.15) is 5.54 Å². The summed E-state index contributed by atoms with van der Waals surface area (Å²) in [6.07, 6.45) is 0.618. The van der Waals surface area contributed by atoms with Gasteiger partial charge in [-0.2, -0.15) is 5.26 Å². The van der Waals surface area contributed by atoms with E-state index >= 15 is 0 Å². The number of halogens is 1. The number of ether oxygens (including phenoxy) is 1. The zero-order valence-electron chi connectivity index (χ0n) is 9.46. The standard InChI is InChI=1S/C12H15ClN2O/c1-12(9-14,6-7-16-2)15-11-5-3-4-10(13)8-11/h3-5,8,15H,6-7H2,1-2H3. The molecule has 16 heavy (non-hydrogen) atoms. The molecular formula is C12H15ClN2O. The molecule has 1 unspecified atom stereocenters. The Labute approximate surface area is 101 Å². The first-order valence-corrected chi connectivity index (χ1v) is 5.41. The van der Waals surface area contributed by atoms with Crippen LogP contribution in [0.25, 0.3) is 0 Å². The van der Waals surface area contributed by atoms with Crippen molar-refractivity contribution in [3.63, 3.8) is 0 Å². The molecule has 0 fully saturated rings. The Morgan fingerprint density at radius 1 is 1.56 bits per heavy atom. The smallest absolute Gasteiger partial charge is 0.124 e. The first kappa shape index (κ1) is 12.8. The Hall–Kier alpha value is -1.24. The lowest BCUT2D eigenvalue weighted by atomic mass is 10.00. The number of methoxy groups -OCH3 is 1. The maximum absolute atomic E-state index is 9.14. The van der Waals surface area contributed by atoms with Crippen molar-refractivity contribution in [2.45, 2.75) is 18.9 Å². The molecule has 0 aliphatic rings. The summed E-state index contributed by atoms with van der Waals surface area (Å²) in [5, 5.41) is 12.9. The molecule has 0 aliphatic carbocycles. The van der Waals surface area contributed by atoms with Crippen LogP contribution < -0.4 is 5.32 Å². The zero-order chi connectivity index (χ0) is 12.0. The van der Waals surface area contributed by atoms with Crippen LogP contribution in [0.3, 0.4) is 0 Å². The van der Waals surface area contributed by atoms with Gasteiger partial charge in [0.05, 0.1) is 6.07 Å². The number of hydrogen-bond donors (Lipinski definition) is 1. The Kier molecular flexibility index (Phi) is 4.60. The molecule has 4 heteroatoms. The highest BCUT2D eigenvalue weighted by Gasteiger charge is 2.22. The average Bonchev–Trinajstić information content (AvgIpc) is 2.26. The quantitative estimate of drug-likeness (QED) is 0.858. The lowest BCUT2D eigenvalue weighted by Gasteiger charge is -2.24. The SMILES string of the molecule is COCCC(C)(C#N)Nc1cccc(Cl)c1. The van der Waals surface area contributed by atoms with E-state index in [9.17, 15) is 0 Å². The van der Waals surface area contributed by atoms with E-state index in [1.807, 2.05) is 19.1 Å². The normalized spacial score (nSPS) is 13.9. The van der Waals surface area contributed by atoms with Gasteiger partial charge in [-0.25, -0.2) is 0 Å². The van der Waals surface area contributed by atoms with Crippen molar-refractivity contribution in [1.82, 2.24) is 0 Å². The predicted molar refractivity (Wildman–Crippen MR) is 65.6 cm³/mol. The molecule has 0 aliphatic heterocycles. The monoisotopic (exact) mass is 238 g/mol. The molecule has 0 bridgehead atoms. The van der Waals surface area contributed by atoms with E-state index in [4.69, 9.17) is 21.6 Å². The number of anilines is 1. The maximum Gasteiger partial charge on any atom is 0.124 e. The van der Waals surface area contributed by atoms with Gasteiger partial charge in [0.2, 0.25) is 0 Å². The largest absolute Gasteiger partial charge is 0.385 e. The van der Waals surface area contributed by atoms with E-state index < -0.39 is 5.54 Å². The summed E-state index contributed by atoms with van der Waals surface area (Å²) >= 11 is 5.87. The van der Waals surface area contributed by atoms with Crippen molar-refractivity contribution in [2.24, 2.45) is 0 Å². The highest BCUT2D eigenvalue weighted by molar-refractivity contribution is 6.30. The van der Waals surface area contributed by atoms with Crippen LogP contribution in [0.5, 0.6) is 0 Å². The van der Waals surface area contributed by atoms with Crippen molar-refractivity contribution < 1.29 is 4.74 Å². The summed E-state index contributed by atoms with van der Waals surface area (Å²) < 4.78 is 4.98. The second kappa shape index (κ2) is 5.74. The van der Waals surface area contributed by atoms with Gasteiger partial charge in [-0.05, 0) is 25.1 Å². The van der Waals surface area contributed by atoms with Crippen LogP contribution >= 0.6 is 11.6 Å². The molecule has 0 saturated heterocycles. The summed E-state index contributed by atoms with van der Waals surface area (Å²) in [5.74, 6) is 0. The Balaban J connectivity index is 2.73. The number of benzene rings is 1. The molecule has 0 aromatic heterocycles. The number of nitrogens with zero attached hydrogens (tertiary/aromatic N) is 1. The molecule has 1 N–H and O–H groups in total. The fraction of sp³-hybridized carbons (Fsp3) is 0.417. The summed E-state index contributed by atoms with van der Waals surface area (Å²) in [5.41, 5.74) is 0.202. The number of nitriles is 1. The molecule has 0 saturated carbocycles. The van der Waals surface area contributed by atoms with Crippen LogP contribution in [0, 0.1) is 11.3 Å². The third kappa shape index (κ3) is 3.73. The Morgan fingerprint density at radius 3 is 2.88 bits per heavy atom. The summed E-state index contributed by atoms with van der Waals surface area (Å²) in [6, 6.07) is 9.57. The molecule has 0 heterocycles. The summed E-state index contributed by atoms with van der Waals surface area (Å²) in [6.45, 7) is 2.38. The third-order valence-electron chi connectivity index (χ3n) is 2.30. The van der Waals surface area contributed by atoms with Gasteiger partial charge >= 0.3 is 0 Å². The minimum atomic E-state index is -0.638. The van der Waals surface area contributed by atoms with Gasteiger partial charge in [-0.15, -0.1) is 0 Å². The number of nitrogens with one attached hydrogen (secondary N) is 1. The Bertz CT molecular complexity index is 389. The van der Waals surface area contributed by atoms with Crippen molar-refractivity contribution in [1.29, 1.82) is 5.26 Å². The second-order valence-corrected chi connectivity index (χ2v) is 4.26. The Morgan fingerprint density at radius 2 is 2.31 bits per heavy atom. The topological polar surface area (TPSA) is 45.0 Å². The van der Waals surface area contributed by atoms with Gasteiger partial charge in [0.15, 0.2) is 0 Å². The van der Waals surface area contributed by atoms with Crippen LogP contribution in [0.15, 0.2) is 24.3 Å². The second-order valence-electron chi connectivity index (χ2n) is 3.82. The van der Waals surface area contributed by atoms with Gasteiger partial charge < -0.3 is 10.1 Å².